The molecule has 0 aliphatic rings. The fourth-order valence-corrected chi connectivity index (χ4v) is 1.77. The highest BCUT2D eigenvalue weighted by molar-refractivity contribution is 6.07. The molecule has 0 saturated carbocycles. The summed E-state index contributed by atoms with van der Waals surface area (Å²) in [4.78, 5) is 25.7. The molecule has 108 valence electrons. The lowest BCUT2D eigenvalue weighted by Gasteiger charge is -2.08. The average Bonchev–Trinajstić information content (AvgIpc) is 2.41. The lowest BCUT2D eigenvalue weighted by molar-refractivity contribution is -0.385. The number of nitro groups is 1. The van der Waals surface area contributed by atoms with E-state index in [9.17, 15) is 19.3 Å². The van der Waals surface area contributed by atoms with E-state index in [1.54, 1.807) is 6.92 Å². The first-order valence-electron chi connectivity index (χ1n) is 5.86. The molecular formula is C13H11FN4O3. The predicted molar refractivity (Wildman–Crippen MR) is 74.4 cm³/mol. The molecule has 0 aliphatic carbocycles. The van der Waals surface area contributed by atoms with Gasteiger partial charge in [-0.25, -0.2) is 9.37 Å². The predicted octanol–water partition coefficient (Wildman–Crippen LogP) is 2.27. The number of pyridine rings is 1. The molecule has 0 aliphatic heterocycles. The molecule has 0 saturated heterocycles. The molecular weight excluding hydrogens is 279 g/mol. The van der Waals surface area contributed by atoms with Gasteiger partial charge in [0.15, 0.2) is 0 Å². The minimum Gasteiger partial charge on any atom is -0.383 e. The monoisotopic (exact) mass is 290 g/mol. The molecule has 1 amide bonds. The maximum absolute atomic E-state index is 13.1. The van der Waals surface area contributed by atoms with Gasteiger partial charge in [0.25, 0.3) is 11.6 Å². The molecule has 0 bridgehead atoms. The molecule has 0 atom stereocenters. The van der Waals surface area contributed by atoms with Crippen LogP contribution in [0.25, 0.3) is 0 Å². The van der Waals surface area contributed by atoms with Crippen LogP contribution in [0.2, 0.25) is 0 Å². The molecule has 8 heteroatoms. The number of hydrogen-bond acceptors (Lipinski definition) is 5. The zero-order valence-electron chi connectivity index (χ0n) is 11.0. The molecule has 7 nitrogen and oxygen atoms in total. The number of aryl methyl sites for hydroxylation is 1. The zero-order valence-corrected chi connectivity index (χ0v) is 11.0. The Hall–Kier alpha value is -3.03. The summed E-state index contributed by atoms with van der Waals surface area (Å²) in [5, 5.41) is 13.2. The Kier molecular flexibility index (Phi) is 3.79. The second-order valence-corrected chi connectivity index (χ2v) is 4.30. The van der Waals surface area contributed by atoms with Crippen molar-refractivity contribution in [1.82, 2.24) is 4.98 Å². The van der Waals surface area contributed by atoms with Gasteiger partial charge >= 0.3 is 0 Å². The highest BCUT2D eigenvalue weighted by atomic mass is 19.1. The number of rotatable bonds is 3. The van der Waals surface area contributed by atoms with Crippen molar-refractivity contribution in [2.45, 2.75) is 6.92 Å². The van der Waals surface area contributed by atoms with Gasteiger partial charge in [-0.1, -0.05) is 0 Å². The van der Waals surface area contributed by atoms with Gasteiger partial charge in [0, 0.05) is 17.3 Å². The molecule has 0 radical (unpaired) electrons. The number of anilines is 2. The van der Waals surface area contributed by atoms with E-state index >= 15 is 0 Å². The number of nitrogen functional groups attached to an aromatic ring is 1. The van der Waals surface area contributed by atoms with Crippen LogP contribution in [0.5, 0.6) is 0 Å². The van der Waals surface area contributed by atoms with Gasteiger partial charge in [-0.2, -0.15) is 0 Å². The Morgan fingerprint density at radius 2 is 2.14 bits per heavy atom. The Balaban J connectivity index is 2.26. The molecule has 1 heterocycles. The van der Waals surface area contributed by atoms with E-state index in [0.717, 1.165) is 12.3 Å². The Morgan fingerprint density at radius 3 is 2.76 bits per heavy atom. The van der Waals surface area contributed by atoms with Gasteiger partial charge in [0.2, 0.25) is 0 Å². The summed E-state index contributed by atoms with van der Waals surface area (Å²) in [6, 6.07) is 5.07. The first kappa shape index (κ1) is 14.4. The minimum atomic E-state index is -0.686. The molecule has 0 unspecified atom stereocenters. The van der Waals surface area contributed by atoms with Crippen LogP contribution in [-0.2, 0) is 0 Å². The second-order valence-electron chi connectivity index (χ2n) is 4.30. The summed E-state index contributed by atoms with van der Waals surface area (Å²) < 4.78 is 13.1. The summed E-state index contributed by atoms with van der Waals surface area (Å²) in [6.07, 6.45) is 0.905. The van der Waals surface area contributed by atoms with Gasteiger partial charge in [-0.05, 0) is 25.1 Å². The summed E-state index contributed by atoms with van der Waals surface area (Å²) >= 11 is 0. The second kappa shape index (κ2) is 5.53. The van der Waals surface area contributed by atoms with Gasteiger partial charge in [0.05, 0.1) is 16.7 Å². The van der Waals surface area contributed by atoms with Crippen LogP contribution in [0, 0.1) is 22.9 Å². The molecule has 0 spiro atoms. The first-order chi connectivity index (χ1) is 9.88. The number of halogens is 1. The number of nitrogens with zero attached hydrogens (tertiary/aromatic N) is 2. The van der Waals surface area contributed by atoms with E-state index in [0.29, 0.717) is 11.3 Å². The van der Waals surface area contributed by atoms with Crippen LogP contribution in [-0.4, -0.2) is 15.8 Å². The van der Waals surface area contributed by atoms with E-state index in [1.165, 1.54) is 18.2 Å². The van der Waals surface area contributed by atoms with Crippen molar-refractivity contribution < 1.29 is 14.1 Å². The highest BCUT2D eigenvalue weighted by Gasteiger charge is 2.15. The number of amides is 1. The number of nitrogens with one attached hydrogen (secondary N) is 1. The lowest BCUT2D eigenvalue weighted by atomic mass is 10.1. The molecule has 1 aromatic carbocycles. The fourth-order valence-electron chi connectivity index (χ4n) is 1.77. The van der Waals surface area contributed by atoms with Crippen molar-refractivity contribution in [3.8, 4) is 0 Å². The number of hydrogen-bond donors (Lipinski definition) is 2. The Labute approximate surface area is 118 Å². The van der Waals surface area contributed by atoms with E-state index in [2.05, 4.69) is 10.3 Å². The average molecular weight is 290 g/mol. The molecule has 0 fully saturated rings. The van der Waals surface area contributed by atoms with E-state index < -0.39 is 16.6 Å². The van der Waals surface area contributed by atoms with Crippen LogP contribution in [0.4, 0.5) is 21.6 Å². The topological polar surface area (TPSA) is 111 Å². The first-order valence-corrected chi connectivity index (χ1v) is 5.86. The third kappa shape index (κ3) is 3.11. The standard InChI is InChI=1S/C13H11FN4O3/c1-7-4-9(2-3-11(7)18(20)21)17-13(19)10-5-8(14)6-16-12(10)15/h2-6H,1H3,(H2,15,16)(H,17,19). The van der Waals surface area contributed by atoms with Crippen LogP contribution >= 0.6 is 0 Å². The molecule has 21 heavy (non-hydrogen) atoms. The van der Waals surface area contributed by atoms with E-state index in [4.69, 9.17) is 5.73 Å². The molecule has 3 N–H and O–H groups in total. The third-order valence-electron chi connectivity index (χ3n) is 2.78. The zero-order chi connectivity index (χ0) is 15.6. The van der Waals surface area contributed by atoms with Crippen molar-refractivity contribution in [1.29, 1.82) is 0 Å². The number of nitro benzene ring substituents is 1. The van der Waals surface area contributed by atoms with Crippen LogP contribution in [0.1, 0.15) is 15.9 Å². The van der Waals surface area contributed by atoms with Crippen molar-refractivity contribution in [2.75, 3.05) is 11.1 Å². The van der Waals surface area contributed by atoms with Gasteiger partial charge in [-0.15, -0.1) is 0 Å². The van der Waals surface area contributed by atoms with Crippen LogP contribution < -0.4 is 11.1 Å². The van der Waals surface area contributed by atoms with Crippen molar-refractivity contribution in [2.24, 2.45) is 0 Å². The smallest absolute Gasteiger partial charge is 0.272 e. The quantitative estimate of drug-likeness (QED) is 0.665. The SMILES string of the molecule is Cc1cc(NC(=O)c2cc(F)cnc2N)ccc1[N+](=O)[O-]. The summed E-state index contributed by atoms with van der Waals surface area (Å²) in [5.74, 6) is -1.44. The number of nitrogens with two attached hydrogens (primary N) is 1. The minimum absolute atomic E-state index is 0.0556. The summed E-state index contributed by atoms with van der Waals surface area (Å²) in [6.45, 7) is 1.55. The molecule has 2 rings (SSSR count). The fraction of sp³-hybridized carbons (Fsp3) is 0.0769. The van der Waals surface area contributed by atoms with Gasteiger partial charge in [0.1, 0.15) is 11.6 Å². The van der Waals surface area contributed by atoms with Crippen LogP contribution in [0.15, 0.2) is 30.5 Å². The normalized spacial score (nSPS) is 10.2. The number of carbonyl (C=O) groups excluding carboxylic acids is 1. The molecule has 1 aromatic heterocycles. The highest BCUT2D eigenvalue weighted by Crippen LogP contribution is 2.22. The Morgan fingerprint density at radius 1 is 1.43 bits per heavy atom. The maximum atomic E-state index is 13.1. The number of benzene rings is 1. The maximum Gasteiger partial charge on any atom is 0.272 e. The van der Waals surface area contributed by atoms with Gasteiger partial charge in [-0.3, -0.25) is 14.9 Å². The van der Waals surface area contributed by atoms with Crippen molar-refractivity contribution in [3.05, 3.63) is 57.5 Å². The third-order valence-corrected chi connectivity index (χ3v) is 2.78. The van der Waals surface area contributed by atoms with Crippen LogP contribution in [0.3, 0.4) is 0 Å². The van der Waals surface area contributed by atoms with Crippen molar-refractivity contribution in [3.63, 3.8) is 0 Å². The van der Waals surface area contributed by atoms with Crippen molar-refractivity contribution >= 4 is 23.1 Å². The van der Waals surface area contributed by atoms with Gasteiger partial charge < -0.3 is 11.1 Å². The Bertz CT molecular complexity index is 733. The largest absolute Gasteiger partial charge is 0.383 e. The summed E-state index contributed by atoms with van der Waals surface area (Å²) in [5.41, 5.74) is 6.08. The molecule has 2 aromatic rings. The van der Waals surface area contributed by atoms with E-state index in [1.807, 2.05) is 0 Å². The van der Waals surface area contributed by atoms with E-state index in [-0.39, 0.29) is 17.1 Å². The number of carbonyl (C=O) groups is 1. The lowest BCUT2D eigenvalue weighted by Crippen LogP contribution is -2.15. The number of aromatic nitrogens is 1. The summed E-state index contributed by atoms with van der Waals surface area (Å²) in [7, 11) is 0.